The number of thiazole rings is 1. The fourth-order valence-corrected chi connectivity index (χ4v) is 3.56. The van der Waals surface area contributed by atoms with Crippen LogP contribution in [0.3, 0.4) is 0 Å². The lowest BCUT2D eigenvalue weighted by Crippen LogP contribution is -2.47. The first-order chi connectivity index (χ1) is 11.5. The molecule has 1 aliphatic heterocycles. The fourth-order valence-electron chi connectivity index (χ4n) is 2.84. The van der Waals surface area contributed by atoms with Gasteiger partial charge in [-0.15, -0.1) is 11.3 Å². The summed E-state index contributed by atoms with van der Waals surface area (Å²) in [5.74, 6) is -0.0452. The zero-order valence-corrected chi connectivity index (χ0v) is 14.8. The van der Waals surface area contributed by atoms with E-state index >= 15 is 0 Å². The molecule has 1 amide bonds. The molecule has 1 fully saturated rings. The number of aliphatic hydroxyl groups excluding tert-OH is 1. The summed E-state index contributed by atoms with van der Waals surface area (Å²) in [7, 11) is 0. The van der Waals surface area contributed by atoms with Crippen molar-refractivity contribution >= 4 is 22.4 Å². The largest absolute Gasteiger partial charge is 0.393 e. The molecule has 2 heterocycles. The van der Waals surface area contributed by atoms with Crippen molar-refractivity contribution in [3.63, 3.8) is 0 Å². The first-order valence-electron chi connectivity index (χ1n) is 8.28. The zero-order chi connectivity index (χ0) is 17.1. The molecule has 1 aromatic heterocycles. The monoisotopic (exact) mass is 345 g/mol. The van der Waals surface area contributed by atoms with Gasteiger partial charge in [-0.1, -0.05) is 29.8 Å². The average Bonchev–Trinajstić information content (AvgIpc) is 3.04. The number of amides is 1. The maximum atomic E-state index is 12.4. The van der Waals surface area contributed by atoms with Crippen LogP contribution in [0.25, 0.3) is 11.3 Å². The Hall–Kier alpha value is -1.76. The van der Waals surface area contributed by atoms with Crippen LogP contribution in [0.5, 0.6) is 0 Å². The number of nitrogens with one attached hydrogen (secondary N) is 1. The molecule has 1 unspecified atom stereocenters. The molecule has 1 aliphatic rings. The molecule has 2 aromatic rings. The fraction of sp³-hybridized carbons (Fsp3) is 0.444. The van der Waals surface area contributed by atoms with Crippen LogP contribution in [-0.2, 0) is 4.79 Å². The number of nitrogens with zero attached hydrogens (tertiary/aromatic N) is 2. The van der Waals surface area contributed by atoms with Gasteiger partial charge in [0.25, 0.3) is 0 Å². The van der Waals surface area contributed by atoms with Crippen LogP contribution in [0.15, 0.2) is 29.6 Å². The summed E-state index contributed by atoms with van der Waals surface area (Å²) in [6.07, 6.45) is 1.23. The molecule has 1 aromatic carbocycles. The summed E-state index contributed by atoms with van der Waals surface area (Å²) in [6.45, 7) is 5.46. The average molecular weight is 345 g/mol. The van der Waals surface area contributed by atoms with Crippen molar-refractivity contribution in [2.75, 3.05) is 18.4 Å². The molecule has 0 radical (unpaired) electrons. The van der Waals surface area contributed by atoms with Crippen LogP contribution >= 0.6 is 11.3 Å². The summed E-state index contributed by atoms with van der Waals surface area (Å²) in [5, 5.41) is 15.1. The Balaban J connectivity index is 1.61. The highest BCUT2D eigenvalue weighted by atomic mass is 32.1. The van der Waals surface area contributed by atoms with Gasteiger partial charge in [0, 0.05) is 24.0 Å². The second-order valence-corrected chi connectivity index (χ2v) is 7.19. The first kappa shape index (κ1) is 17.1. The number of piperidine rings is 1. The highest BCUT2D eigenvalue weighted by Gasteiger charge is 2.26. The van der Waals surface area contributed by atoms with Crippen LogP contribution < -0.4 is 5.32 Å². The zero-order valence-electron chi connectivity index (χ0n) is 14.0. The SMILES string of the molecule is Cc1ccc(-c2csc(NC(=O)C(C)N3CCC(O)CC3)n2)cc1. The highest BCUT2D eigenvalue weighted by molar-refractivity contribution is 7.14. The number of likely N-dealkylation sites (tertiary alicyclic amines) is 1. The molecule has 5 nitrogen and oxygen atoms in total. The maximum absolute atomic E-state index is 12.4. The lowest BCUT2D eigenvalue weighted by molar-refractivity contribution is -0.121. The van der Waals surface area contributed by atoms with Gasteiger partial charge >= 0.3 is 0 Å². The smallest absolute Gasteiger partial charge is 0.243 e. The summed E-state index contributed by atoms with van der Waals surface area (Å²) in [6, 6.07) is 7.97. The van der Waals surface area contributed by atoms with Crippen LogP contribution in [-0.4, -0.2) is 46.1 Å². The minimum Gasteiger partial charge on any atom is -0.393 e. The number of benzene rings is 1. The van der Waals surface area contributed by atoms with Gasteiger partial charge in [0.15, 0.2) is 5.13 Å². The van der Waals surface area contributed by atoms with Crippen LogP contribution in [0.2, 0.25) is 0 Å². The van der Waals surface area contributed by atoms with Gasteiger partial charge in [-0.25, -0.2) is 4.98 Å². The number of aromatic nitrogens is 1. The Kier molecular flexibility index (Phi) is 5.28. The van der Waals surface area contributed by atoms with E-state index in [4.69, 9.17) is 0 Å². The second kappa shape index (κ2) is 7.42. The molecule has 6 heteroatoms. The van der Waals surface area contributed by atoms with Crippen molar-refractivity contribution in [2.24, 2.45) is 0 Å². The number of rotatable bonds is 4. The number of aliphatic hydroxyl groups is 1. The van der Waals surface area contributed by atoms with Gasteiger partial charge in [-0.3, -0.25) is 9.69 Å². The lowest BCUT2D eigenvalue weighted by Gasteiger charge is -2.33. The molecule has 2 N–H and O–H groups in total. The van der Waals surface area contributed by atoms with E-state index in [2.05, 4.69) is 34.3 Å². The molecule has 1 atom stereocenters. The van der Waals surface area contributed by atoms with Crippen molar-refractivity contribution in [2.45, 2.75) is 38.8 Å². The van der Waals surface area contributed by atoms with Crippen molar-refractivity contribution < 1.29 is 9.90 Å². The molecule has 0 aliphatic carbocycles. The van der Waals surface area contributed by atoms with E-state index in [1.807, 2.05) is 24.4 Å². The molecule has 0 spiro atoms. The quantitative estimate of drug-likeness (QED) is 0.894. The molecule has 128 valence electrons. The van der Waals surface area contributed by atoms with Crippen molar-refractivity contribution in [3.05, 3.63) is 35.2 Å². The first-order valence-corrected chi connectivity index (χ1v) is 9.16. The summed E-state index contributed by atoms with van der Waals surface area (Å²) < 4.78 is 0. The number of hydrogen-bond donors (Lipinski definition) is 2. The molecule has 24 heavy (non-hydrogen) atoms. The van der Waals surface area contributed by atoms with Crippen LogP contribution in [0.1, 0.15) is 25.3 Å². The summed E-state index contributed by atoms with van der Waals surface area (Å²) in [5.41, 5.74) is 3.14. The maximum Gasteiger partial charge on any atom is 0.243 e. The van der Waals surface area contributed by atoms with Gasteiger partial charge in [0.05, 0.1) is 17.8 Å². The molecular formula is C18H23N3O2S. The minimum absolute atomic E-state index is 0.0452. The van der Waals surface area contributed by atoms with Crippen molar-refractivity contribution in [1.82, 2.24) is 9.88 Å². The normalized spacial score (nSPS) is 17.6. The molecule has 0 saturated carbocycles. The molecular weight excluding hydrogens is 322 g/mol. The summed E-state index contributed by atoms with van der Waals surface area (Å²) in [4.78, 5) is 19.1. The number of aryl methyl sites for hydroxylation is 1. The van der Waals surface area contributed by atoms with Gasteiger partial charge in [0.2, 0.25) is 5.91 Å². The number of hydrogen-bond acceptors (Lipinski definition) is 5. The van der Waals surface area contributed by atoms with E-state index in [0.717, 1.165) is 37.2 Å². The van der Waals surface area contributed by atoms with E-state index < -0.39 is 0 Å². The number of anilines is 1. The highest BCUT2D eigenvalue weighted by Crippen LogP contribution is 2.25. The minimum atomic E-state index is -0.229. The molecule has 1 saturated heterocycles. The van der Waals surface area contributed by atoms with E-state index in [0.29, 0.717) is 5.13 Å². The Morgan fingerprint density at radius 1 is 1.33 bits per heavy atom. The van der Waals surface area contributed by atoms with Crippen LogP contribution in [0.4, 0.5) is 5.13 Å². The number of carbonyl (C=O) groups excluding carboxylic acids is 1. The Labute approximate surface area is 146 Å². The van der Waals surface area contributed by atoms with Crippen LogP contribution in [0, 0.1) is 6.92 Å². The van der Waals surface area contributed by atoms with Crippen molar-refractivity contribution in [3.8, 4) is 11.3 Å². The van der Waals surface area contributed by atoms with Crippen molar-refractivity contribution in [1.29, 1.82) is 0 Å². The van der Waals surface area contributed by atoms with Gasteiger partial charge in [-0.05, 0) is 26.7 Å². The number of carbonyl (C=O) groups is 1. The molecule has 0 bridgehead atoms. The topological polar surface area (TPSA) is 65.5 Å². The van der Waals surface area contributed by atoms with E-state index in [1.165, 1.54) is 16.9 Å². The van der Waals surface area contributed by atoms with Gasteiger partial charge < -0.3 is 10.4 Å². The predicted molar refractivity (Wildman–Crippen MR) is 97.2 cm³/mol. The standard InChI is InChI=1S/C18H23N3O2S/c1-12-3-5-14(6-4-12)16-11-24-18(19-16)20-17(23)13(2)21-9-7-15(22)8-10-21/h3-6,11,13,15,22H,7-10H2,1-2H3,(H,19,20,23). The second-order valence-electron chi connectivity index (χ2n) is 6.34. The Bertz CT molecular complexity index is 691. The predicted octanol–water partition coefficient (Wildman–Crippen LogP) is 2.90. The van der Waals surface area contributed by atoms with E-state index in [1.54, 1.807) is 0 Å². The Morgan fingerprint density at radius 2 is 2.00 bits per heavy atom. The third-order valence-corrected chi connectivity index (χ3v) is 5.27. The third kappa shape index (κ3) is 4.01. The Morgan fingerprint density at radius 3 is 2.67 bits per heavy atom. The van der Waals surface area contributed by atoms with E-state index in [9.17, 15) is 9.90 Å². The van der Waals surface area contributed by atoms with Gasteiger partial charge in [0.1, 0.15) is 0 Å². The summed E-state index contributed by atoms with van der Waals surface area (Å²) >= 11 is 1.44. The third-order valence-electron chi connectivity index (χ3n) is 4.51. The van der Waals surface area contributed by atoms with E-state index in [-0.39, 0.29) is 18.1 Å². The lowest BCUT2D eigenvalue weighted by atomic mass is 10.1. The van der Waals surface area contributed by atoms with Gasteiger partial charge in [-0.2, -0.15) is 0 Å². The molecule has 3 rings (SSSR count).